The Morgan fingerprint density at radius 3 is 2.74 bits per heavy atom. The lowest BCUT2D eigenvalue weighted by molar-refractivity contribution is 0.361. The normalized spacial score (nSPS) is 23.4. The second kappa shape index (κ2) is 5.08. The van der Waals surface area contributed by atoms with Crippen LogP contribution in [0.4, 0.5) is 11.4 Å². The van der Waals surface area contributed by atoms with Crippen LogP contribution in [0, 0.1) is 5.92 Å². The van der Waals surface area contributed by atoms with Gasteiger partial charge in [0.05, 0.1) is 11.2 Å². The second-order valence-electron chi connectivity index (χ2n) is 5.70. The molecule has 0 bridgehead atoms. The van der Waals surface area contributed by atoms with Gasteiger partial charge in [0.1, 0.15) is 0 Å². The van der Waals surface area contributed by atoms with Crippen molar-refractivity contribution in [2.24, 2.45) is 5.92 Å². The van der Waals surface area contributed by atoms with Gasteiger partial charge in [-0.2, -0.15) is 0 Å². The number of fused-ring (bicyclic) bond motifs is 1. The van der Waals surface area contributed by atoms with Crippen LogP contribution in [0.5, 0.6) is 0 Å². The monoisotopic (exact) mass is 255 g/mol. The first-order valence-electron chi connectivity index (χ1n) is 7.14. The van der Waals surface area contributed by atoms with Crippen molar-refractivity contribution in [1.82, 2.24) is 4.98 Å². The maximum absolute atomic E-state index is 5.99. The average Bonchev–Trinajstić information content (AvgIpc) is 2.43. The Bertz CT molecular complexity index is 571. The molecule has 1 saturated carbocycles. The number of nitrogens with zero attached hydrogens (tertiary/aromatic N) is 1. The molecule has 100 valence electrons. The summed E-state index contributed by atoms with van der Waals surface area (Å²) in [5.41, 5.74) is 8.80. The number of para-hydroxylation sites is 1. The van der Waals surface area contributed by atoms with Gasteiger partial charge in [0.2, 0.25) is 0 Å². The van der Waals surface area contributed by atoms with Crippen LogP contribution in [0.15, 0.2) is 30.5 Å². The van der Waals surface area contributed by atoms with Gasteiger partial charge in [-0.3, -0.25) is 4.98 Å². The Balaban J connectivity index is 1.87. The van der Waals surface area contributed by atoms with Gasteiger partial charge in [-0.05, 0) is 43.7 Å². The summed E-state index contributed by atoms with van der Waals surface area (Å²) in [6.07, 6.45) is 7.00. The molecule has 1 fully saturated rings. The van der Waals surface area contributed by atoms with Crippen molar-refractivity contribution in [3.05, 3.63) is 30.5 Å². The number of aromatic nitrogens is 1. The maximum atomic E-state index is 5.99. The molecule has 1 aromatic carbocycles. The number of nitrogens with two attached hydrogens (primary N) is 1. The molecule has 0 aliphatic heterocycles. The van der Waals surface area contributed by atoms with E-state index in [4.69, 9.17) is 5.73 Å². The van der Waals surface area contributed by atoms with Crippen LogP contribution in [0.2, 0.25) is 0 Å². The highest BCUT2D eigenvalue weighted by Crippen LogP contribution is 2.30. The van der Waals surface area contributed by atoms with E-state index in [0.717, 1.165) is 28.2 Å². The smallest absolute Gasteiger partial charge is 0.0951 e. The molecule has 2 aromatic rings. The summed E-state index contributed by atoms with van der Waals surface area (Å²) in [5, 5.41) is 4.80. The Morgan fingerprint density at radius 2 is 1.95 bits per heavy atom. The molecule has 1 aliphatic carbocycles. The molecular formula is C16H21N3. The van der Waals surface area contributed by atoms with E-state index < -0.39 is 0 Å². The molecule has 1 aromatic heterocycles. The number of nitrogens with one attached hydrogen (secondary N) is 1. The van der Waals surface area contributed by atoms with Gasteiger partial charge in [0.15, 0.2) is 0 Å². The van der Waals surface area contributed by atoms with Crippen molar-refractivity contribution >= 4 is 22.3 Å². The van der Waals surface area contributed by atoms with Gasteiger partial charge in [-0.1, -0.05) is 19.1 Å². The van der Waals surface area contributed by atoms with E-state index in [-0.39, 0.29) is 0 Å². The summed E-state index contributed by atoms with van der Waals surface area (Å²) in [7, 11) is 0. The Hall–Kier alpha value is -1.77. The fourth-order valence-corrected chi connectivity index (χ4v) is 2.95. The van der Waals surface area contributed by atoms with E-state index in [0.29, 0.717) is 6.04 Å². The minimum atomic E-state index is 0.586. The summed E-state index contributed by atoms with van der Waals surface area (Å²) in [5.74, 6) is 0.878. The predicted molar refractivity (Wildman–Crippen MR) is 81.2 cm³/mol. The lowest BCUT2D eigenvalue weighted by Crippen LogP contribution is -2.25. The number of benzene rings is 1. The van der Waals surface area contributed by atoms with Gasteiger partial charge >= 0.3 is 0 Å². The van der Waals surface area contributed by atoms with E-state index in [1.165, 1.54) is 25.7 Å². The first kappa shape index (κ1) is 12.3. The zero-order valence-corrected chi connectivity index (χ0v) is 11.4. The third-order valence-electron chi connectivity index (χ3n) is 4.18. The summed E-state index contributed by atoms with van der Waals surface area (Å²) >= 11 is 0. The van der Waals surface area contributed by atoms with Crippen molar-refractivity contribution in [3.63, 3.8) is 0 Å². The van der Waals surface area contributed by atoms with Gasteiger partial charge in [-0.15, -0.1) is 0 Å². The molecule has 0 radical (unpaired) electrons. The highest BCUT2D eigenvalue weighted by molar-refractivity contribution is 5.97. The topological polar surface area (TPSA) is 50.9 Å². The molecule has 3 heteroatoms. The number of pyridine rings is 1. The molecule has 0 unspecified atom stereocenters. The number of anilines is 2. The van der Waals surface area contributed by atoms with E-state index in [9.17, 15) is 0 Å². The van der Waals surface area contributed by atoms with Crippen molar-refractivity contribution < 1.29 is 0 Å². The third kappa shape index (κ3) is 2.50. The highest BCUT2D eigenvalue weighted by atomic mass is 14.9. The van der Waals surface area contributed by atoms with Gasteiger partial charge in [-0.25, -0.2) is 0 Å². The van der Waals surface area contributed by atoms with E-state index in [2.05, 4.69) is 29.4 Å². The summed E-state index contributed by atoms with van der Waals surface area (Å²) in [6, 6.07) is 8.63. The lowest BCUT2D eigenvalue weighted by atomic mass is 9.87. The fraction of sp³-hybridized carbons (Fsp3) is 0.438. The molecule has 0 amide bonds. The maximum Gasteiger partial charge on any atom is 0.0951 e. The largest absolute Gasteiger partial charge is 0.397 e. The van der Waals surface area contributed by atoms with Crippen LogP contribution in [0.1, 0.15) is 32.6 Å². The van der Waals surface area contributed by atoms with E-state index >= 15 is 0 Å². The lowest BCUT2D eigenvalue weighted by Gasteiger charge is -2.28. The molecule has 0 spiro atoms. The standard InChI is InChI=1S/C16H21N3/c1-11-5-7-12(8-6-11)19-15-9-10-18-16-13(15)3-2-4-14(16)17/h2-4,9-12H,5-8,17H2,1H3,(H,18,19). The molecule has 19 heavy (non-hydrogen) atoms. The van der Waals surface area contributed by atoms with Crippen molar-refractivity contribution in [1.29, 1.82) is 0 Å². The zero-order chi connectivity index (χ0) is 13.2. The first-order chi connectivity index (χ1) is 9.24. The fourth-order valence-electron chi connectivity index (χ4n) is 2.95. The Morgan fingerprint density at radius 1 is 1.16 bits per heavy atom. The minimum absolute atomic E-state index is 0.586. The van der Waals surface area contributed by atoms with Crippen LogP contribution >= 0.6 is 0 Å². The van der Waals surface area contributed by atoms with Crippen LogP contribution in [0.25, 0.3) is 10.9 Å². The van der Waals surface area contributed by atoms with Crippen molar-refractivity contribution in [2.45, 2.75) is 38.6 Å². The quantitative estimate of drug-likeness (QED) is 0.802. The van der Waals surface area contributed by atoms with Crippen LogP contribution in [0.3, 0.4) is 0 Å². The van der Waals surface area contributed by atoms with Crippen LogP contribution in [-0.2, 0) is 0 Å². The number of nitrogen functional groups attached to an aromatic ring is 1. The predicted octanol–water partition coefficient (Wildman–Crippen LogP) is 3.81. The molecule has 3 rings (SSSR count). The molecule has 0 saturated heterocycles. The average molecular weight is 255 g/mol. The van der Waals surface area contributed by atoms with Crippen molar-refractivity contribution in [2.75, 3.05) is 11.1 Å². The molecule has 1 heterocycles. The molecule has 0 atom stereocenters. The summed E-state index contributed by atoms with van der Waals surface area (Å²) < 4.78 is 0. The minimum Gasteiger partial charge on any atom is -0.397 e. The van der Waals surface area contributed by atoms with Crippen LogP contribution in [-0.4, -0.2) is 11.0 Å². The molecule has 3 nitrogen and oxygen atoms in total. The van der Waals surface area contributed by atoms with Gasteiger partial charge in [0.25, 0.3) is 0 Å². The van der Waals surface area contributed by atoms with Crippen LogP contribution < -0.4 is 11.1 Å². The number of hydrogen-bond donors (Lipinski definition) is 2. The van der Waals surface area contributed by atoms with Gasteiger partial charge < -0.3 is 11.1 Å². The van der Waals surface area contributed by atoms with E-state index in [1.807, 2.05) is 18.3 Å². The van der Waals surface area contributed by atoms with E-state index in [1.54, 1.807) is 0 Å². The molecule has 3 N–H and O–H groups in total. The zero-order valence-electron chi connectivity index (χ0n) is 11.4. The molecule has 1 aliphatic rings. The number of rotatable bonds is 2. The third-order valence-corrected chi connectivity index (χ3v) is 4.18. The second-order valence-corrected chi connectivity index (χ2v) is 5.70. The Labute approximate surface area is 114 Å². The summed E-state index contributed by atoms with van der Waals surface area (Å²) in [6.45, 7) is 2.35. The first-order valence-corrected chi connectivity index (χ1v) is 7.14. The SMILES string of the molecule is CC1CCC(Nc2ccnc3c(N)cccc23)CC1. The summed E-state index contributed by atoms with van der Waals surface area (Å²) in [4.78, 5) is 4.38. The number of hydrogen-bond acceptors (Lipinski definition) is 3. The van der Waals surface area contributed by atoms with Gasteiger partial charge in [0, 0.05) is 23.3 Å². The highest BCUT2D eigenvalue weighted by Gasteiger charge is 2.18. The molecular weight excluding hydrogens is 234 g/mol. The van der Waals surface area contributed by atoms with Crippen molar-refractivity contribution in [3.8, 4) is 0 Å². The Kier molecular flexibility index (Phi) is 3.28.